The number of halogens is 3. The van der Waals surface area contributed by atoms with Crippen LogP contribution >= 0.6 is 35.6 Å². The number of nitrogens with two attached hydrogens (primary N) is 2. The molecule has 0 saturated carbocycles. The molecule has 0 aliphatic heterocycles. The molecular weight excluding hydrogens is 671 g/mol. The third-order valence-electron chi connectivity index (χ3n) is 5.85. The highest BCUT2D eigenvalue weighted by atomic mass is 35.5. The van der Waals surface area contributed by atoms with E-state index in [9.17, 15) is 22.8 Å². The van der Waals surface area contributed by atoms with Crippen molar-refractivity contribution in [1.29, 1.82) is 0 Å². The number of carbonyl (C=O) groups is 3. The fourth-order valence-electron chi connectivity index (χ4n) is 3.71. The smallest absolute Gasteiger partial charge is 0.328 e. The fourth-order valence-corrected chi connectivity index (χ4v) is 5.23. The van der Waals surface area contributed by atoms with Crippen molar-refractivity contribution >= 4 is 75.1 Å². The van der Waals surface area contributed by atoms with Crippen LogP contribution in [0.3, 0.4) is 0 Å². The van der Waals surface area contributed by atoms with E-state index >= 15 is 0 Å². The van der Waals surface area contributed by atoms with Gasteiger partial charge < -0.3 is 31.6 Å². The van der Waals surface area contributed by atoms with Gasteiger partial charge in [0.1, 0.15) is 11.8 Å². The van der Waals surface area contributed by atoms with E-state index in [-0.39, 0.29) is 64.0 Å². The van der Waals surface area contributed by atoms with Crippen LogP contribution in [0.15, 0.2) is 76.6 Å². The second-order valence-electron chi connectivity index (χ2n) is 9.08. The number of rotatable bonds is 14. The van der Waals surface area contributed by atoms with E-state index in [1.54, 1.807) is 30.3 Å². The molecule has 3 rings (SSSR count). The normalized spacial score (nSPS) is 11.3. The van der Waals surface area contributed by atoms with Crippen molar-refractivity contribution in [2.45, 2.75) is 23.8 Å². The second-order valence-corrected chi connectivity index (χ2v) is 11.6. The molecule has 13 nitrogen and oxygen atoms in total. The Labute approximate surface area is 276 Å². The highest BCUT2D eigenvalue weighted by Gasteiger charge is 2.22. The number of amides is 2. The zero-order valence-electron chi connectivity index (χ0n) is 23.8. The van der Waals surface area contributed by atoms with Gasteiger partial charge in [0.2, 0.25) is 5.91 Å². The number of methoxy groups -OCH3 is 1. The highest BCUT2D eigenvalue weighted by Crippen LogP contribution is 2.35. The summed E-state index contributed by atoms with van der Waals surface area (Å²) in [6.45, 7) is -0.196. The lowest BCUT2D eigenvalue weighted by Crippen LogP contribution is -2.46. The summed E-state index contributed by atoms with van der Waals surface area (Å²) in [5, 5.41) is 5.56. The quantitative estimate of drug-likeness (QED) is 0.0722. The first-order valence-corrected chi connectivity index (χ1v) is 15.2. The van der Waals surface area contributed by atoms with Gasteiger partial charge in [0.15, 0.2) is 11.7 Å². The van der Waals surface area contributed by atoms with E-state index in [4.69, 9.17) is 44.1 Å². The van der Waals surface area contributed by atoms with Crippen LogP contribution in [-0.4, -0.2) is 58.4 Å². The van der Waals surface area contributed by atoms with Crippen molar-refractivity contribution in [3.05, 3.63) is 82.3 Å². The predicted octanol–water partition coefficient (Wildman–Crippen LogP) is 3.45. The Bertz CT molecular complexity index is 1640. The van der Waals surface area contributed by atoms with Gasteiger partial charge in [-0.1, -0.05) is 35.3 Å². The first-order chi connectivity index (χ1) is 20.9. The molecule has 0 saturated heterocycles. The Hall–Kier alpha value is -4.24. The Balaban J connectivity index is 0.00000705. The van der Waals surface area contributed by atoms with E-state index in [1.165, 1.54) is 43.5 Å². The molecule has 242 valence electrons. The van der Waals surface area contributed by atoms with Gasteiger partial charge in [-0.2, -0.15) is 0 Å². The van der Waals surface area contributed by atoms with Gasteiger partial charge in [-0.05, 0) is 67.4 Å². The first kappa shape index (κ1) is 36.9. The average Bonchev–Trinajstić information content (AvgIpc) is 2.99. The van der Waals surface area contributed by atoms with Crippen molar-refractivity contribution in [3.63, 3.8) is 0 Å². The molecule has 0 radical (unpaired) electrons. The lowest BCUT2D eigenvalue weighted by Gasteiger charge is -2.16. The predicted molar refractivity (Wildman–Crippen MR) is 174 cm³/mol. The number of hydrogen-bond acceptors (Lipinski definition) is 8. The average molecular weight is 702 g/mol. The molecule has 0 spiro atoms. The molecule has 17 heteroatoms. The third kappa shape index (κ3) is 11.3. The van der Waals surface area contributed by atoms with E-state index in [0.29, 0.717) is 11.4 Å². The number of carbonyl (C=O) groups excluding carboxylic acids is 3. The Morgan fingerprint density at radius 1 is 0.978 bits per heavy atom. The number of ether oxygens (including phenoxy) is 2. The maximum Gasteiger partial charge on any atom is 0.328 e. The lowest BCUT2D eigenvalue weighted by molar-refractivity contribution is -0.145. The van der Waals surface area contributed by atoms with Crippen LogP contribution in [0, 0.1) is 0 Å². The summed E-state index contributed by atoms with van der Waals surface area (Å²) >= 11 is 12.1. The molecule has 3 aromatic rings. The van der Waals surface area contributed by atoms with E-state index < -0.39 is 40.4 Å². The largest absolute Gasteiger partial charge is 0.467 e. The van der Waals surface area contributed by atoms with Gasteiger partial charge in [-0.15, -0.1) is 12.4 Å². The third-order valence-corrected chi connectivity index (χ3v) is 7.76. The number of hydrogen-bond donors (Lipinski definition) is 5. The minimum absolute atomic E-state index is 0. The maximum atomic E-state index is 13.1. The first-order valence-electron chi connectivity index (χ1n) is 12.9. The molecule has 0 fully saturated rings. The summed E-state index contributed by atoms with van der Waals surface area (Å²) in [4.78, 5) is 40.7. The van der Waals surface area contributed by atoms with Gasteiger partial charge in [0.05, 0.1) is 29.3 Å². The van der Waals surface area contributed by atoms with Crippen LogP contribution in [-0.2, 0) is 24.3 Å². The van der Waals surface area contributed by atoms with E-state index in [0.717, 1.165) is 0 Å². The van der Waals surface area contributed by atoms with Gasteiger partial charge in [-0.25, -0.2) is 13.2 Å². The molecule has 45 heavy (non-hydrogen) atoms. The summed E-state index contributed by atoms with van der Waals surface area (Å²) < 4.78 is 39.2. The maximum absolute atomic E-state index is 13.1. The van der Waals surface area contributed by atoms with Crippen molar-refractivity contribution in [2.24, 2.45) is 16.5 Å². The number of esters is 1. The molecule has 1 atom stereocenters. The molecule has 0 heterocycles. The molecule has 0 aliphatic rings. The summed E-state index contributed by atoms with van der Waals surface area (Å²) in [7, 11) is -2.91. The number of anilines is 1. The highest BCUT2D eigenvalue weighted by molar-refractivity contribution is 7.92. The van der Waals surface area contributed by atoms with Crippen molar-refractivity contribution in [1.82, 2.24) is 10.6 Å². The minimum atomic E-state index is -4.10. The molecular formula is C28H31Cl3N6O7S. The number of para-hydroxylation sites is 2. The van der Waals surface area contributed by atoms with Crippen LogP contribution < -0.4 is 31.6 Å². The van der Waals surface area contributed by atoms with Gasteiger partial charge in [-0.3, -0.25) is 19.3 Å². The fraction of sp³-hybridized carbons (Fsp3) is 0.214. The Kier molecular flexibility index (Phi) is 14.2. The topological polar surface area (TPSA) is 204 Å². The molecule has 0 bridgehead atoms. The van der Waals surface area contributed by atoms with Crippen LogP contribution in [0.5, 0.6) is 11.5 Å². The van der Waals surface area contributed by atoms with E-state index in [2.05, 4.69) is 20.3 Å². The summed E-state index contributed by atoms with van der Waals surface area (Å²) in [6.07, 6.45) is 0.600. The van der Waals surface area contributed by atoms with Gasteiger partial charge in [0.25, 0.3) is 15.9 Å². The minimum Gasteiger partial charge on any atom is -0.467 e. The molecule has 0 unspecified atom stereocenters. The molecule has 0 aromatic heterocycles. The second kappa shape index (κ2) is 17.3. The van der Waals surface area contributed by atoms with Crippen LogP contribution in [0.1, 0.15) is 23.2 Å². The monoisotopic (exact) mass is 700 g/mol. The van der Waals surface area contributed by atoms with Gasteiger partial charge in [0, 0.05) is 17.1 Å². The molecule has 2 amide bonds. The number of sulfonamides is 1. The zero-order valence-corrected chi connectivity index (χ0v) is 26.9. The van der Waals surface area contributed by atoms with Crippen LogP contribution in [0.25, 0.3) is 0 Å². The van der Waals surface area contributed by atoms with Crippen molar-refractivity contribution in [2.75, 3.05) is 24.9 Å². The summed E-state index contributed by atoms with van der Waals surface area (Å²) in [5.74, 6) is -1.57. The number of nitrogens with one attached hydrogen (secondary N) is 3. The number of benzene rings is 3. The van der Waals surface area contributed by atoms with Crippen LogP contribution in [0.2, 0.25) is 10.0 Å². The van der Waals surface area contributed by atoms with Gasteiger partial charge >= 0.3 is 5.97 Å². The zero-order chi connectivity index (χ0) is 32.3. The molecule has 3 aromatic carbocycles. The molecule has 0 aliphatic carbocycles. The number of nitrogens with zero attached hydrogens (tertiary/aromatic N) is 1. The SMILES string of the molecule is COC(=O)[C@H](CCCN=C(N)N)NC(=O)CNC(=O)c1ccc(S(=O)(=O)Nc2ccccc2Oc2ccc(Cl)cc2Cl)cc1.Cl. The lowest BCUT2D eigenvalue weighted by atomic mass is 10.1. The number of guanidine groups is 1. The standard InChI is InChI=1S/C28H30Cl2N6O7S.ClH/c1-42-27(39)22(6-4-14-33-28(31)32)35-25(37)16-34-26(38)17-8-11-19(12-9-17)44(40,41)36-21-5-2-3-7-24(21)43-23-13-10-18(29)15-20(23)30;/h2-3,5,7-13,15,22,36H,4,6,14,16H2,1H3,(H,34,38)(H,35,37)(H4,31,32,33);1H/t22-;/m0./s1. The van der Waals surface area contributed by atoms with Crippen LogP contribution in [0.4, 0.5) is 5.69 Å². The number of aliphatic imine (C=N–C) groups is 1. The molecule has 7 N–H and O–H groups in total. The Morgan fingerprint density at radius 2 is 1.67 bits per heavy atom. The van der Waals surface area contributed by atoms with Crippen molar-refractivity contribution in [3.8, 4) is 11.5 Å². The van der Waals surface area contributed by atoms with E-state index in [1.807, 2.05) is 0 Å². The summed E-state index contributed by atoms with van der Waals surface area (Å²) in [5.41, 5.74) is 10.8. The Morgan fingerprint density at radius 3 is 2.31 bits per heavy atom. The summed E-state index contributed by atoms with van der Waals surface area (Å²) in [6, 6.07) is 15.1. The van der Waals surface area contributed by atoms with Crippen molar-refractivity contribution < 1.29 is 32.3 Å².